The molecule has 164 valence electrons. The first-order chi connectivity index (χ1) is 15.7. The molecule has 5 rings (SSSR count). The van der Waals surface area contributed by atoms with Crippen molar-refractivity contribution in [1.29, 1.82) is 0 Å². The summed E-state index contributed by atoms with van der Waals surface area (Å²) in [5, 5.41) is 14.9. The summed E-state index contributed by atoms with van der Waals surface area (Å²) in [6.07, 6.45) is 3.97. The highest BCUT2D eigenvalue weighted by Crippen LogP contribution is 2.32. The topological polar surface area (TPSA) is 97.2 Å². The van der Waals surface area contributed by atoms with E-state index in [0.717, 1.165) is 38.3 Å². The van der Waals surface area contributed by atoms with Gasteiger partial charge in [0.1, 0.15) is 10.6 Å². The Balaban J connectivity index is 1.15. The van der Waals surface area contributed by atoms with Crippen LogP contribution in [0.4, 0.5) is 11.6 Å². The van der Waals surface area contributed by atoms with E-state index < -0.39 is 4.92 Å². The molecule has 0 aliphatic carbocycles. The van der Waals surface area contributed by atoms with E-state index in [9.17, 15) is 10.1 Å². The first-order valence-corrected chi connectivity index (χ1v) is 10.6. The Morgan fingerprint density at radius 3 is 2.44 bits per heavy atom. The second kappa shape index (κ2) is 8.80. The molecule has 1 unspecified atom stereocenters. The highest BCUT2D eigenvalue weighted by molar-refractivity contribution is 5.99. The third kappa shape index (κ3) is 4.33. The van der Waals surface area contributed by atoms with Crippen LogP contribution in [0.15, 0.2) is 70.5 Å². The molecule has 0 bridgehead atoms. The number of benzene rings is 1. The number of furan rings is 1. The first-order valence-electron chi connectivity index (χ1n) is 10.6. The molecule has 4 heterocycles. The van der Waals surface area contributed by atoms with Gasteiger partial charge < -0.3 is 14.2 Å². The summed E-state index contributed by atoms with van der Waals surface area (Å²) < 4.78 is 5.23. The van der Waals surface area contributed by atoms with E-state index in [0.29, 0.717) is 17.9 Å². The maximum atomic E-state index is 10.8. The lowest BCUT2D eigenvalue weighted by Crippen LogP contribution is -2.45. The quantitative estimate of drug-likeness (QED) is 0.431. The third-order valence-corrected chi connectivity index (χ3v) is 5.88. The van der Waals surface area contributed by atoms with Gasteiger partial charge in [-0.05, 0) is 41.5 Å². The molecular weight excluding hydrogens is 410 g/mol. The Morgan fingerprint density at radius 1 is 1.00 bits per heavy atom. The Kier molecular flexibility index (Phi) is 5.55. The zero-order chi connectivity index (χ0) is 21.9. The first kappa shape index (κ1) is 20.2. The maximum absolute atomic E-state index is 10.8. The summed E-state index contributed by atoms with van der Waals surface area (Å²) in [5.74, 6) is 0.0804. The van der Waals surface area contributed by atoms with Gasteiger partial charge in [0.05, 0.1) is 6.07 Å². The Bertz CT molecular complexity index is 1100. The molecule has 2 aliphatic rings. The molecule has 32 heavy (non-hydrogen) atoms. The smallest absolute Gasteiger partial charge is 0.399 e. The lowest BCUT2D eigenvalue weighted by molar-refractivity contribution is -0.402. The van der Waals surface area contributed by atoms with Crippen molar-refractivity contribution >= 4 is 17.3 Å². The van der Waals surface area contributed by atoms with E-state index in [4.69, 9.17) is 9.25 Å². The molecule has 0 spiro atoms. The molecule has 1 aromatic carbocycles. The van der Waals surface area contributed by atoms with E-state index in [1.807, 2.05) is 12.4 Å². The van der Waals surface area contributed by atoms with Crippen LogP contribution in [0.1, 0.15) is 29.4 Å². The highest BCUT2D eigenvalue weighted by atomic mass is 16.7. The summed E-state index contributed by atoms with van der Waals surface area (Å²) in [7, 11) is 0. The average Bonchev–Trinajstić information content (AvgIpc) is 3.51. The minimum absolute atomic E-state index is 0.222. The molecular formula is C23H23N5O4. The van der Waals surface area contributed by atoms with Crippen LogP contribution in [-0.2, 0) is 11.4 Å². The molecule has 1 fully saturated rings. The molecule has 2 aromatic heterocycles. The monoisotopic (exact) mass is 433 g/mol. The van der Waals surface area contributed by atoms with Gasteiger partial charge in [-0.3, -0.25) is 20.0 Å². The van der Waals surface area contributed by atoms with Crippen molar-refractivity contribution in [3.8, 4) is 0 Å². The normalized spacial score (nSPS) is 18.9. The molecule has 0 amide bonds. The number of anilines is 1. The predicted octanol–water partition coefficient (Wildman–Crippen LogP) is 3.77. The number of pyridine rings is 1. The number of aromatic nitrogens is 1. The van der Waals surface area contributed by atoms with E-state index in [1.54, 1.807) is 6.07 Å². The molecule has 0 saturated carbocycles. The summed E-state index contributed by atoms with van der Waals surface area (Å²) >= 11 is 0. The van der Waals surface area contributed by atoms with Crippen molar-refractivity contribution in [1.82, 2.24) is 9.88 Å². The van der Waals surface area contributed by atoms with Gasteiger partial charge in [-0.2, -0.15) is 0 Å². The van der Waals surface area contributed by atoms with Crippen LogP contribution in [0.2, 0.25) is 0 Å². The molecule has 2 aliphatic heterocycles. The second-order valence-electron chi connectivity index (χ2n) is 7.94. The van der Waals surface area contributed by atoms with Gasteiger partial charge in [0.2, 0.25) is 0 Å². The van der Waals surface area contributed by atoms with E-state index in [2.05, 4.69) is 56.3 Å². The van der Waals surface area contributed by atoms with Gasteiger partial charge in [-0.1, -0.05) is 17.3 Å². The van der Waals surface area contributed by atoms with Crippen molar-refractivity contribution in [2.75, 3.05) is 31.1 Å². The summed E-state index contributed by atoms with van der Waals surface area (Å²) in [5.41, 5.74) is 4.08. The van der Waals surface area contributed by atoms with Crippen molar-refractivity contribution < 1.29 is 14.2 Å². The van der Waals surface area contributed by atoms with E-state index in [-0.39, 0.29) is 12.0 Å². The van der Waals surface area contributed by atoms with Crippen molar-refractivity contribution in [3.05, 3.63) is 87.9 Å². The van der Waals surface area contributed by atoms with Gasteiger partial charge in [0.25, 0.3) is 0 Å². The lowest BCUT2D eigenvalue weighted by atomic mass is 10.0. The van der Waals surface area contributed by atoms with Gasteiger partial charge in [-0.15, -0.1) is 0 Å². The fourth-order valence-electron chi connectivity index (χ4n) is 4.09. The number of nitro groups is 1. The number of oxime groups is 1. The fourth-order valence-corrected chi connectivity index (χ4v) is 4.09. The largest absolute Gasteiger partial charge is 0.433 e. The van der Waals surface area contributed by atoms with Gasteiger partial charge in [0.15, 0.2) is 11.9 Å². The van der Waals surface area contributed by atoms with E-state index in [1.165, 1.54) is 17.3 Å². The number of nitrogens with zero attached hydrogens (tertiary/aromatic N) is 5. The maximum Gasteiger partial charge on any atom is 0.433 e. The summed E-state index contributed by atoms with van der Waals surface area (Å²) in [6.45, 7) is 4.95. The van der Waals surface area contributed by atoms with Crippen molar-refractivity contribution in [2.45, 2.75) is 19.1 Å². The van der Waals surface area contributed by atoms with Gasteiger partial charge in [0, 0.05) is 57.2 Å². The molecule has 1 atom stereocenters. The predicted molar refractivity (Wildman–Crippen MR) is 119 cm³/mol. The van der Waals surface area contributed by atoms with Crippen molar-refractivity contribution in [2.24, 2.45) is 5.16 Å². The Hall–Kier alpha value is -3.72. The molecule has 1 saturated heterocycles. The average molecular weight is 433 g/mol. The lowest BCUT2D eigenvalue weighted by Gasteiger charge is -2.36. The minimum Gasteiger partial charge on any atom is -0.399 e. The second-order valence-corrected chi connectivity index (χ2v) is 7.94. The van der Waals surface area contributed by atoms with Crippen LogP contribution >= 0.6 is 0 Å². The van der Waals surface area contributed by atoms with Crippen LogP contribution in [0.25, 0.3) is 0 Å². The Morgan fingerprint density at radius 2 is 1.75 bits per heavy atom. The highest BCUT2D eigenvalue weighted by Gasteiger charge is 2.27. The SMILES string of the molecule is O=[N+]([O-])c1ccc(C2=NOC(c3ccc(N4CCN(Cc5ccncc5)CC4)cc3)C2)o1. The van der Waals surface area contributed by atoms with Crippen LogP contribution in [0.5, 0.6) is 0 Å². The van der Waals surface area contributed by atoms with E-state index >= 15 is 0 Å². The van der Waals surface area contributed by atoms with Crippen LogP contribution < -0.4 is 4.90 Å². The third-order valence-electron chi connectivity index (χ3n) is 5.88. The Labute approximate surface area is 185 Å². The van der Waals surface area contributed by atoms with Gasteiger partial charge >= 0.3 is 5.88 Å². The van der Waals surface area contributed by atoms with Crippen LogP contribution in [0, 0.1) is 10.1 Å². The van der Waals surface area contributed by atoms with Crippen molar-refractivity contribution in [3.63, 3.8) is 0 Å². The zero-order valence-corrected chi connectivity index (χ0v) is 17.5. The number of piperazine rings is 1. The summed E-state index contributed by atoms with van der Waals surface area (Å²) in [6, 6.07) is 15.4. The van der Waals surface area contributed by atoms with Gasteiger partial charge in [-0.25, -0.2) is 0 Å². The molecule has 9 nitrogen and oxygen atoms in total. The van der Waals surface area contributed by atoms with Crippen LogP contribution in [0.3, 0.4) is 0 Å². The fraction of sp³-hybridized carbons (Fsp3) is 0.304. The number of rotatable bonds is 6. The number of hydrogen-bond donors (Lipinski definition) is 0. The zero-order valence-electron chi connectivity index (χ0n) is 17.5. The number of hydrogen-bond acceptors (Lipinski definition) is 8. The molecule has 9 heteroatoms. The minimum atomic E-state index is -0.560. The molecule has 0 radical (unpaired) electrons. The summed E-state index contributed by atoms with van der Waals surface area (Å²) in [4.78, 5) is 24.8. The standard InChI is InChI=1S/C23H23N5O4/c29-28(30)23-6-5-21(31-23)20-15-22(32-25-20)18-1-3-19(4-2-18)27-13-11-26(12-14-27)16-17-7-9-24-10-8-17/h1-10,22H,11-16H2. The molecule has 3 aromatic rings. The molecule has 0 N–H and O–H groups in total. The van der Waals surface area contributed by atoms with Crippen LogP contribution in [-0.4, -0.2) is 46.7 Å².